The fraction of sp³-hybridized carbons (Fsp3) is 0.286. The van der Waals surface area contributed by atoms with Gasteiger partial charge in [0, 0.05) is 24.0 Å². The minimum Gasteiger partial charge on any atom is -0.495 e. The molecular formula is C28H32BrN3O5S. The van der Waals surface area contributed by atoms with Crippen LogP contribution in [0.25, 0.3) is 0 Å². The van der Waals surface area contributed by atoms with Crippen LogP contribution in [-0.4, -0.2) is 57.6 Å². The molecule has 0 spiro atoms. The third-order valence-corrected chi connectivity index (χ3v) is 7.58. The maximum atomic E-state index is 14.0. The number of ether oxygens (including phenoxy) is 1. The molecule has 1 N–H and O–H groups in total. The third-order valence-electron chi connectivity index (χ3n) is 5.92. The van der Waals surface area contributed by atoms with Crippen LogP contribution in [0.1, 0.15) is 18.1 Å². The number of anilines is 1. The van der Waals surface area contributed by atoms with Gasteiger partial charge >= 0.3 is 0 Å². The van der Waals surface area contributed by atoms with Gasteiger partial charge < -0.3 is 15.0 Å². The summed E-state index contributed by atoms with van der Waals surface area (Å²) in [6, 6.07) is 22.6. The average Bonchev–Trinajstić information content (AvgIpc) is 2.90. The van der Waals surface area contributed by atoms with E-state index in [1.165, 1.54) is 12.0 Å². The number of amides is 2. The lowest BCUT2D eigenvalue weighted by atomic mass is 10.0. The number of nitrogens with one attached hydrogen (secondary N) is 1. The SMILES string of the molecule is CCNC(=O)[C@H](Cc1ccccc1)N(Cc1ccc(Br)cc1)C(=O)CN(c1ccccc1OC)S(C)(=O)=O. The van der Waals surface area contributed by atoms with Gasteiger partial charge in [-0.25, -0.2) is 8.42 Å². The molecule has 0 aliphatic heterocycles. The van der Waals surface area contributed by atoms with Crippen LogP contribution < -0.4 is 14.4 Å². The van der Waals surface area contributed by atoms with Crippen molar-refractivity contribution in [3.05, 3.63) is 94.5 Å². The predicted molar refractivity (Wildman–Crippen MR) is 152 cm³/mol. The second-order valence-corrected chi connectivity index (χ2v) is 11.5. The van der Waals surface area contributed by atoms with Gasteiger partial charge in [0.05, 0.1) is 19.1 Å². The van der Waals surface area contributed by atoms with Crippen LogP contribution in [0.5, 0.6) is 5.75 Å². The minimum absolute atomic E-state index is 0.115. The van der Waals surface area contributed by atoms with Gasteiger partial charge in [-0.05, 0) is 42.3 Å². The number of benzene rings is 3. The highest BCUT2D eigenvalue weighted by Crippen LogP contribution is 2.30. The molecule has 0 aliphatic rings. The Balaban J connectivity index is 2.05. The van der Waals surface area contributed by atoms with E-state index in [-0.39, 0.29) is 24.6 Å². The molecule has 0 unspecified atom stereocenters. The number of halogens is 1. The van der Waals surface area contributed by atoms with Gasteiger partial charge in [-0.2, -0.15) is 0 Å². The molecule has 0 aliphatic carbocycles. The smallest absolute Gasteiger partial charge is 0.244 e. The number of hydrogen-bond donors (Lipinski definition) is 1. The quantitative estimate of drug-likeness (QED) is 0.338. The summed E-state index contributed by atoms with van der Waals surface area (Å²) in [5.74, 6) is -0.517. The number of sulfonamides is 1. The van der Waals surface area contributed by atoms with Crippen molar-refractivity contribution in [3.8, 4) is 5.75 Å². The van der Waals surface area contributed by atoms with Gasteiger partial charge in [-0.1, -0.05) is 70.5 Å². The Labute approximate surface area is 232 Å². The van der Waals surface area contributed by atoms with Crippen molar-refractivity contribution in [2.75, 3.05) is 30.8 Å². The highest BCUT2D eigenvalue weighted by molar-refractivity contribution is 9.10. The molecule has 0 saturated heterocycles. The molecule has 0 saturated carbocycles. The molecule has 3 aromatic rings. The van der Waals surface area contributed by atoms with E-state index < -0.39 is 28.5 Å². The number of carbonyl (C=O) groups is 2. The number of para-hydroxylation sites is 2. The fourth-order valence-corrected chi connectivity index (χ4v) is 5.18. The highest BCUT2D eigenvalue weighted by Gasteiger charge is 2.33. The lowest BCUT2D eigenvalue weighted by Crippen LogP contribution is -2.53. The molecular weight excluding hydrogens is 570 g/mol. The summed E-state index contributed by atoms with van der Waals surface area (Å²) in [6.07, 6.45) is 1.31. The molecule has 3 aromatic carbocycles. The van der Waals surface area contributed by atoms with Crippen molar-refractivity contribution >= 4 is 43.5 Å². The Morgan fingerprint density at radius 1 is 0.947 bits per heavy atom. The predicted octanol–water partition coefficient (Wildman–Crippen LogP) is 4.00. The number of nitrogens with zero attached hydrogens (tertiary/aromatic N) is 2. The number of rotatable bonds is 12. The summed E-state index contributed by atoms with van der Waals surface area (Å²) < 4.78 is 33.0. The van der Waals surface area contributed by atoms with E-state index in [0.717, 1.165) is 26.2 Å². The summed E-state index contributed by atoms with van der Waals surface area (Å²) in [5, 5.41) is 2.84. The second-order valence-electron chi connectivity index (χ2n) is 8.69. The maximum absolute atomic E-state index is 14.0. The van der Waals surface area contributed by atoms with Crippen LogP contribution in [0, 0.1) is 0 Å². The average molecular weight is 603 g/mol. The molecule has 3 rings (SSSR count). The number of carbonyl (C=O) groups excluding carboxylic acids is 2. The zero-order valence-corrected chi connectivity index (χ0v) is 24.0. The Morgan fingerprint density at radius 2 is 1.58 bits per heavy atom. The monoisotopic (exact) mass is 601 g/mol. The summed E-state index contributed by atoms with van der Waals surface area (Å²) in [5.41, 5.74) is 1.92. The van der Waals surface area contributed by atoms with E-state index >= 15 is 0 Å². The molecule has 0 fully saturated rings. The van der Waals surface area contributed by atoms with Crippen molar-refractivity contribution < 1.29 is 22.7 Å². The van der Waals surface area contributed by atoms with E-state index in [1.54, 1.807) is 24.3 Å². The van der Waals surface area contributed by atoms with Crippen LogP contribution in [0.3, 0.4) is 0 Å². The lowest BCUT2D eigenvalue weighted by Gasteiger charge is -2.33. The van der Waals surface area contributed by atoms with Crippen LogP contribution >= 0.6 is 15.9 Å². The molecule has 0 radical (unpaired) electrons. The molecule has 0 aromatic heterocycles. The van der Waals surface area contributed by atoms with Crippen LogP contribution in [0.15, 0.2) is 83.3 Å². The molecule has 0 heterocycles. The zero-order valence-electron chi connectivity index (χ0n) is 21.6. The first kappa shape index (κ1) is 29.2. The summed E-state index contributed by atoms with van der Waals surface area (Å²) in [4.78, 5) is 28.8. The molecule has 10 heteroatoms. The fourth-order valence-electron chi connectivity index (χ4n) is 4.06. The molecule has 2 amide bonds. The molecule has 202 valence electrons. The Kier molecular flexibility index (Phi) is 10.3. The number of hydrogen-bond acceptors (Lipinski definition) is 5. The second kappa shape index (κ2) is 13.4. The normalized spacial score (nSPS) is 11.9. The summed E-state index contributed by atoms with van der Waals surface area (Å²) in [7, 11) is -2.44. The van der Waals surface area contributed by atoms with Gasteiger partial charge in [0.15, 0.2) is 0 Å². The minimum atomic E-state index is -3.87. The standard InChI is InChI=1S/C28H32BrN3O5S/c1-4-30-28(34)25(18-21-10-6-5-7-11-21)31(19-22-14-16-23(29)17-15-22)27(33)20-32(38(3,35)36)24-12-8-9-13-26(24)37-2/h5-17,25H,4,18-20H2,1-3H3,(H,30,34)/t25-/m0/s1. The van der Waals surface area contributed by atoms with Crippen molar-refractivity contribution in [1.29, 1.82) is 0 Å². The molecule has 1 atom stereocenters. The Hall–Kier alpha value is -3.37. The number of likely N-dealkylation sites (N-methyl/N-ethyl adjacent to an activating group) is 1. The van der Waals surface area contributed by atoms with Gasteiger partial charge in [-0.3, -0.25) is 13.9 Å². The van der Waals surface area contributed by atoms with Gasteiger partial charge in [0.2, 0.25) is 21.8 Å². The first-order valence-corrected chi connectivity index (χ1v) is 14.7. The van der Waals surface area contributed by atoms with Gasteiger partial charge in [-0.15, -0.1) is 0 Å². The summed E-state index contributed by atoms with van der Waals surface area (Å²) in [6.45, 7) is 1.82. The molecule has 8 nitrogen and oxygen atoms in total. The third kappa shape index (κ3) is 7.82. The molecule has 38 heavy (non-hydrogen) atoms. The van der Waals surface area contributed by atoms with Crippen molar-refractivity contribution in [3.63, 3.8) is 0 Å². The zero-order chi connectivity index (χ0) is 27.7. The topological polar surface area (TPSA) is 96.0 Å². The van der Waals surface area contributed by atoms with Crippen LogP contribution in [0.2, 0.25) is 0 Å². The first-order chi connectivity index (χ1) is 18.1. The van der Waals surface area contributed by atoms with E-state index in [0.29, 0.717) is 12.3 Å². The Bertz CT molecular complexity index is 1330. The van der Waals surface area contributed by atoms with Crippen LogP contribution in [-0.2, 0) is 32.6 Å². The number of methoxy groups -OCH3 is 1. The van der Waals surface area contributed by atoms with Crippen molar-refractivity contribution in [2.24, 2.45) is 0 Å². The van der Waals surface area contributed by atoms with Gasteiger partial charge in [0.25, 0.3) is 0 Å². The van der Waals surface area contributed by atoms with Crippen LogP contribution in [0.4, 0.5) is 5.69 Å². The van der Waals surface area contributed by atoms with E-state index in [2.05, 4.69) is 21.2 Å². The van der Waals surface area contributed by atoms with Crippen molar-refractivity contribution in [2.45, 2.75) is 25.9 Å². The maximum Gasteiger partial charge on any atom is 0.244 e. The van der Waals surface area contributed by atoms with E-state index in [4.69, 9.17) is 4.74 Å². The summed E-state index contributed by atoms with van der Waals surface area (Å²) >= 11 is 3.42. The lowest BCUT2D eigenvalue weighted by molar-refractivity contribution is -0.140. The van der Waals surface area contributed by atoms with E-state index in [1.807, 2.05) is 61.5 Å². The van der Waals surface area contributed by atoms with Crippen molar-refractivity contribution in [1.82, 2.24) is 10.2 Å². The molecule has 0 bridgehead atoms. The highest BCUT2D eigenvalue weighted by atomic mass is 79.9. The van der Waals surface area contributed by atoms with E-state index in [9.17, 15) is 18.0 Å². The first-order valence-electron chi connectivity index (χ1n) is 12.1. The Morgan fingerprint density at radius 3 is 2.18 bits per heavy atom. The largest absolute Gasteiger partial charge is 0.495 e. The van der Waals surface area contributed by atoms with Gasteiger partial charge in [0.1, 0.15) is 18.3 Å².